The Hall–Kier alpha value is -4.00. The maximum absolute atomic E-state index is 12.9. The van der Waals surface area contributed by atoms with Crippen molar-refractivity contribution in [2.24, 2.45) is 4.99 Å². The summed E-state index contributed by atoms with van der Waals surface area (Å²) in [6.07, 6.45) is 3.57. The average Bonchev–Trinajstić information content (AvgIpc) is 3.28. The fraction of sp³-hybridized carbons (Fsp3) is 0. The van der Waals surface area contributed by atoms with Gasteiger partial charge in [-0.15, -0.1) is 0 Å². The first kappa shape index (κ1) is 21.8. The molecule has 0 unspecified atom stereocenters. The first-order valence-corrected chi connectivity index (χ1v) is 11.3. The highest BCUT2D eigenvalue weighted by molar-refractivity contribution is 7.71. The molecule has 0 aliphatic carbocycles. The van der Waals surface area contributed by atoms with E-state index in [0.29, 0.717) is 16.4 Å². The van der Waals surface area contributed by atoms with Crippen molar-refractivity contribution in [1.29, 1.82) is 0 Å². The van der Waals surface area contributed by atoms with Crippen molar-refractivity contribution in [3.05, 3.63) is 134 Å². The normalized spacial score (nSPS) is 14.2. The fourth-order valence-corrected chi connectivity index (χ4v) is 4.19. The maximum atomic E-state index is 12.9. The third-order valence-electron chi connectivity index (χ3n) is 5.44. The van der Waals surface area contributed by atoms with Crippen LogP contribution < -0.4 is 5.56 Å². The summed E-state index contributed by atoms with van der Waals surface area (Å²) in [5, 5.41) is 11.7. The van der Waals surface area contributed by atoms with Crippen molar-refractivity contribution in [2.75, 3.05) is 0 Å². The second kappa shape index (κ2) is 9.09. The van der Waals surface area contributed by atoms with Gasteiger partial charge in [0.2, 0.25) is 5.88 Å². The largest absolute Gasteiger partial charge is 0.494 e. The second-order valence-corrected chi connectivity index (χ2v) is 8.45. The lowest BCUT2D eigenvalue weighted by molar-refractivity contribution is 0.432. The van der Waals surface area contributed by atoms with Gasteiger partial charge in [-0.2, -0.15) is 0 Å². The first-order chi connectivity index (χ1) is 16.5. The van der Waals surface area contributed by atoms with Gasteiger partial charge < -0.3 is 5.11 Å². The van der Waals surface area contributed by atoms with Gasteiger partial charge in [0.15, 0.2) is 4.77 Å². The molecule has 166 valence electrons. The Morgan fingerprint density at radius 3 is 2.18 bits per heavy atom. The van der Waals surface area contributed by atoms with E-state index < -0.39 is 5.56 Å². The van der Waals surface area contributed by atoms with Crippen LogP contribution in [0.15, 0.2) is 106 Å². The van der Waals surface area contributed by atoms with Gasteiger partial charge in [-0.05, 0) is 54.2 Å². The summed E-state index contributed by atoms with van der Waals surface area (Å²) in [6, 6.07) is 26.4. The number of aromatic amines is 1. The van der Waals surface area contributed by atoms with Crippen molar-refractivity contribution in [3.8, 4) is 11.6 Å². The zero-order valence-corrected chi connectivity index (χ0v) is 19.3. The smallest absolute Gasteiger partial charge is 0.262 e. The minimum Gasteiger partial charge on any atom is -0.494 e. The Bertz CT molecular complexity index is 1580. The van der Waals surface area contributed by atoms with E-state index in [9.17, 15) is 9.90 Å². The molecule has 0 bridgehead atoms. The standard InChI is InChI=1S/C27H18ClN3O2S/c28-19-11-13-20(14-12-19)31-26(33)22(25(32)30-27(31)34)16-24-21(17-7-3-1-4-8-17)15-23(29-24)18-9-5-2-6-10-18/h1-16,33H,(H,30,32,34)/b24-16-. The topological polar surface area (TPSA) is 70.4 Å². The number of rotatable bonds is 4. The molecule has 0 amide bonds. The van der Waals surface area contributed by atoms with Gasteiger partial charge in [-0.1, -0.05) is 72.3 Å². The summed E-state index contributed by atoms with van der Waals surface area (Å²) < 4.78 is 1.47. The molecule has 0 saturated carbocycles. The zero-order chi connectivity index (χ0) is 23.7. The molecule has 5 nitrogen and oxygen atoms in total. The van der Waals surface area contributed by atoms with E-state index in [4.69, 9.17) is 28.8 Å². The molecule has 2 heterocycles. The highest BCUT2D eigenvalue weighted by atomic mass is 35.5. The predicted octanol–water partition coefficient (Wildman–Crippen LogP) is 6.18. The molecule has 3 aromatic carbocycles. The third kappa shape index (κ3) is 4.17. The minimum atomic E-state index is -0.504. The summed E-state index contributed by atoms with van der Waals surface area (Å²) in [7, 11) is 0. The van der Waals surface area contributed by atoms with E-state index >= 15 is 0 Å². The van der Waals surface area contributed by atoms with Crippen LogP contribution in [0.5, 0.6) is 5.88 Å². The molecule has 5 rings (SSSR count). The van der Waals surface area contributed by atoms with Crippen molar-refractivity contribution in [1.82, 2.24) is 9.55 Å². The van der Waals surface area contributed by atoms with Crippen LogP contribution in [0, 0.1) is 4.77 Å². The maximum Gasteiger partial charge on any atom is 0.262 e. The van der Waals surface area contributed by atoms with Gasteiger partial charge in [0.25, 0.3) is 5.56 Å². The zero-order valence-electron chi connectivity index (χ0n) is 17.8. The molecule has 34 heavy (non-hydrogen) atoms. The molecule has 1 aliphatic rings. The van der Waals surface area contributed by atoms with Gasteiger partial charge in [-0.3, -0.25) is 14.3 Å². The third-order valence-corrected chi connectivity index (χ3v) is 5.98. The van der Waals surface area contributed by atoms with Gasteiger partial charge >= 0.3 is 0 Å². The van der Waals surface area contributed by atoms with E-state index in [2.05, 4.69) is 4.98 Å². The quantitative estimate of drug-likeness (QED) is 0.340. The predicted molar refractivity (Wildman–Crippen MR) is 139 cm³/mol. The Morgan fingerprint density at radius 1 is 0.912 bits per heavy atom. The van der Waals surface area contributed by atoms with E-state index in [-0.39, 0.29) is 16.2 Å². The van der Waals surface area contributed by atoms with E-state index in [0.717, 1.165) is 22.4 Å². The molecular formula is C27H18ClN3O2S. The van der Waals surface area contributed by atoms with Gasteiger partial charge in [0, 0.05) is 16.2 Å². The number of nitrogens with zero attached hydrogens (tertiary/aromatic N) is 2. The molecule has 0 atom stereocenters. The molecule has 2 N–H and O–H groups in total. The van der Waals surface area contributed by atoms with Crippen LogP contribution in [0.2, 0.25) is 5.02 Å². The molecule has 0 spiro atoms. The number of hydrogen-bond donors (Lipinski definition) is 2. The Labute approximate surface area is 205 Å². The number of aromatic hydroxyl groups is 1. The van der Waals surface area contributed by atoms with Crippen LogP contribution in [0.3, 0.4) is 0 Å². The molecule has 7 heteroatoms. The van der Waals surface area contributed by atoms with Crippen LogP contribution in [-0.2, 0) is 0 Å². The number of nitrogens with one attached hydrogen (secondary N) is 1. The van der Waals surface area contributed by atoms with Crippen molar-refractivity contribution in [3.63, 3.8) is 0 Å². The molecule has 0 radical (unpaired) electrons. The monoisotopic (exact) mass is 483 g/mol. The molecule has 4 aromatic rings. The van der Waals surface area contributed by atoms with E-state index in [1.807, 2.05) is 66.7 Å². The highest BCUT2D eigenvalue weighted by Gasteiger charge is 2.20. The lowest BCUT2D eigenvalue weighted by Gasteiger charge is -2.12. The van der Waals surface area contributed by atoms with Gasteiger partial charge in [-0.25, -0.2) is 4.99 Å². The number of aliphatic imine (C=N–C) groups is 1. The molecule has 0 saturated heterocycles. The number of allylic oxidation sites excluding steroid dienone is 2. The summed E-state index contributed by atoms with van der Waals surface area (Å²) >= 11 is 11.3. The van der Waals surface area contributed by atoms with Crippen LogP contribution in [0.1, 0.15) is 16.7 Å². The highest BCUT2D eigenvalue weighted by Crippen LogP contribution is 2.33. The van der Waals surface area contributed by atoms with Crippen molar-refractivity contribution >= 4 is 41.2 Å². The first-order valence-electron chi connectivity index (χ1n) is 10.5. The molecular weight excluding hydrogens is 466 g/mol. The average molecular weight is 484 g/mol. The summed E-state index contributed by atoms with van der Waals surface area (Å²) in [5.74, 6) is -0.278. The second-order valence-electron chi connectivity index (χ2n) is 7.63. The van der Waals surface area contributed by atoms with Crippen molar-refractivity contribution in [2.45, 2.75) is 0 Å². The number of halogens is 1. The van der Waals surface area contributed by atoms with Crippen LogP contribution in [0.4, 0.5) is 0 Å². The summed E-state index contributed by atoms with van der Waals surface area (Å²) in [5.41, 5.74) is 4.20. The number of hydrogen-bond acceptors (Lipinski definition) is 4. The Balaban J connectivity index is 1.70. The number of aromatic nitrogens is 2. The van der Waals surface area contributed by atoms with Crippen molar-refractivity contribution < 1.29 is 5.11 Å². The fourth-order valence-electron chi connectivity index (χ4n) is 3.78. The van der Waals surface area contributed by atoms with Gasteiger partial charge in [0.05, 0.1) is 17.1 Å². The lowest BCUT2D eigenvalue weighted by atomic mass is 10.0. The number of H-pyrrole nitrogens is 1. The molecule has 1 aliphatic heterocycles. The lowest BCUT2D eigenvalue weighted by Crippen LogP contribution is -2.16. The van der Waals surface area contributed by atoms with E-state index in [1.54, 1.807) is 30.3 Å². The van der Waals surface area contributed by atoms with Crippen LogP contribution in [-0.4, -0.2) is 20.4 Å². The van der Waals surface area contributed by atoms with E-state index in [1.165, 1.54) is 4.57 Å². The number of benzene rings is 3. The SMILES string of the molecule is O=c1[nH]c(=S)n(-c2ccc(Cl)cc2)c(O)c1/C=C1\N=C(c2ccccc2)C=C1c1ccccc1. The molecule has 1 aromatic heterocycles. The van der Waals surface area contributed by atoms with Gasteiger partial charge in [0.1, 0.15) is 5.56 Å². The summed E-state index contributed by atoms with van der Waals surface area (Å²) in [4.78, 5) is 20.3. The molecule has 0 fully saturated rings. The van der Waals surface area contributed by atoms with Crippen LogP contribution >= 0.6 is 23.8 Å². The Morgan fingerprint density at radius 2 is 1.53 bits per heavy atom. The Kier molecular flexibility index (Phi) is 5.84. The summed E-state index contributed by atoms with van der Waals surface area (Å²) in [6.45, 7) is 0. The van der Waals surface area contributed by atoms with Crippen LogP contribution in [0.25, 0.3) is 17.3 Å². The minimum absolute atomic E-state index is 0.0541.